The summed E-state index contributed by atoms with van der Waals surface area (Å²) >= 11 is 11.7. The Kier molecular flexibility index (Phi) is 3.52. The molecule has 0 amide bonds. The van der Waals surface area contributed by atoms with Crippen molar-refractivity contribution in [3.05, 3.63) is 59.0 Å². The van der Waals surface area contributed by atoms with Crippen LogP contribution in [0.25, 0.3) is 5.65 Å². The molecule has 0 aliphatic heterocycles. The molecule has 0 aliphatic carbocycles. The normalized spacial score (nSPS) is 11.7. The van der Waals surface area contributed by atoms with Gasteiger partial charge in [-0.15, -0.1) is 0 Å². The van der Waals surface area contributed by atoms with Gasteiger partial charge >= 0.3 is 0 Å². The van der Waals surface area contributed by atoms with Crippen molar-refractivity contribution < 1.29 is 8.42 Å². The van der Waals surface area contributed by atoms with Gasteiger partial charge in [-0.25, -0.2) is 13.4 Å². The highest BCUT2D eigenvalue weighted by Gasteiger charge is 2.17. The molecule has 0 unspecified atom stereocenters. The quantitative estimate of drug-likeness (QED) is 0.793. The van der Waals surface area contributed by atoms with E-state index in [0.717, 1.165) is 0 Å². The predicted octanol–water partition coefficient (Wildman–Crippen LogP) is 3.44. The van der Waals surface area contributed by atoms with Gasteiger partial charge in [0.2, 0.25) is 0 Å². The summed E-state index contributed by atoms with van der Waals surface area (Å²) in [5.41, 5.74) is 0.898. The van der Waals surface area contributed by atoms with Crippen LogP contribution in [0.1, 0.15) is 0 Å². The summed E-state index contributed by atoms with van der Waals surface area (Å²) in [6.07, 6.45) is 5.10. The number of anilines is 1. The molecule has 3 rings (SSSR count). The standard InChI is InChI=1S/C13H9Cl2N3O2S/c14-10-4-3-9(8-11(10)15)21(19,20)17-12-2-1-6-18-7-5-16-13(12)18/h1-8,17H. The maximum absolute atomic E-state index is 12.4. The molecule has 2 aromatic heterocycles. The first-order chi connectivity index (χ1) is 9.97. The van der Waals surface area contributed by atoms with E-state index in [0.29, 0.717) is 16.4 Å². The molecule has 1 N–H and O–H groups in total. The minimum atomic E-state index is -3.77. The molecule has 2 heterocycles. The number of pyridine rings is 1. The predicted molar refractivity (Wildman–Crippen MR) is 82.5 cm³/mol. The summed E-state index contributed by atoms with van der Waals surface area (Å²) < 4.78 is 29.0. The SMILES string of the molecule is O=S(=O)(Nc1cccn2ccnc12)c1ccc(Cl)c(Cl)c1. The lowest BCUT2D eigenvalue weighted by molar-refractivity contribution is 0.601. The smallest absolute Gasteiger partial charge is 0.262 e. The highest BCUT2D eigenvalue weighted by molar-refractivity contribution is 7.92. The number of hydrogen-bond donors (Lipinski definition) is 1. The van der Waals surface area contributed by atoms with Crippen molar-refractivity contribution in [2.45, 2.75) is 4.90 Å². The molecule has 21 heavy (non-hydrogen) atoms. The second-order valence-electron chi connectivity index (χ2n) is 4.26. The van der Waals surface area contributed by atoms with Gasteiger partial charge in [0.15, 0.2) is 5.65 Å². The number of nitrogens with one attached hydrogen (secondary N) is 1. The number of halogens is 2. The lowest BCUT2D eigenvalue weighted by Crippen LogP contribution is -2.13. The molecule has 8 heteroatoms. The van der Waals surface area contributed by atoms with Crippen LogP contribution in [-0.2, 0) is 10.0 Å². The second-order valence-corrected chi connectivity index (χ2v) is 6.76. The topological polar surface area (TPSA) is 63.5 Å². The Balaban J connectivity index is 2.03. The van der Waals surface area contributed by atoms with Gasteiger partial charge in [0.25, 0.3) is 10.0 Å². The van der Waals surface area contributed by atoms with Crippen LogP contribution < -0.4 is 4.72 Å². The van der Waals surface area contributed by atoms with Crippen LogP contribution in [0.5, 0.6) is 0 Å². The van der Waals surface area contributed by atoms with Crippen molar-refractivity contribution in [2.24, 2.45) is 0 Å². The first-order valence-electron chi connectivity index (χ1n) is 5.87. The lowest BCUT2D eigenvalue weighted by Gasteiger charge is -2.09. The Morgan fingerprint density at radius 1 is 1.10 bits per heavy atom. The van der Waals surface area contributed by atoms with E-state index in [1.165, 1.54) is 18.2 Å². The Bertz CT molecular complexity index is 922. The minimum Gasteiger partial charge on any atom is -0.305 e. The van der Waals surface area contributed by atoms with Crippen molar-refractivity contribution >= 4 is 44.6 Å². The fourth-order valence-corrected chi connectivity index (χ4v) is 3.33. The summed E-state index contributed by atoms with van der Waals surface area (Å²) in [7, 11) is -3.77. The molecule has 0 saturated carbocycles. The van der Waals surface area contributed by atoms with Crippen molar-refractivity contribution in [2.75, 3.05) is 4.72 Å². The third-order valence-corrected chi connectivity index (χ3v) is 4.97. The van der Waals surface area contributed by atoms with Crippen LogP contribution in [0.15, 0.2) is 53.8 Å². The zero-order valence-electron chi connectivity index (χ0n) is 10.5. The molecule has 108 valence electrons. The number of benzene rings is 1. The molecule has 0 radical (unpaired) electrons. The molecule has 3 aromatic rings. The molecule has 0 bridgehead atoms. The van der Waals surface area contributed by atoms with Gasteiger partial charge in [0.05, 0.1) is 20.6 Å². The molecule has 5 nitrogen and oxygen atoms in total. The van der Waals surface area contributed by atoms with Gasteiger partial charge in [-0.3, -0.25) is 4.72 Å². The molecule has 0 saturated heterocycles. The van der Waals surface area contributed by atoms with Crippen molar-refractivity contribution in [1.29, 1.82) is 0 Å². The maximum Gasteiger partial charge on any atom is 0.262 e. The van der Waals surface area contributed by atoms with Gasteiger partial charge in [0.1, 0.15) is 0 Å². The first kappa shape index (κ1) is 14.2. The van der Waals surface area contributed by atoms with E-state index >= 15 is 0 Å². The van der Waals surface area contributed by atoms with Gasteiger partial charge in [-0.1, -0.05) is 23.2 Å². The third kappa shape index (κ3) is 2.70. The number of fused-ring (bicyclic) bond motifs is 1. The summed E-state index contributed by atoms with van der Waals surface area (Å²) in [6, 6.07) is 7.49. The molecule has 0 spiro atoms. The van der Waals surface area contributed by atoms with E-state index in [9.17, 15) is 8.42 Å². The van der Waals surface area contributed by atoms with Crippen molar-refractivity contribution in [1.82, 2.24) is 9.38 Å². The molecular weight excluding hydrogens is 333 g/mol. The first-order valence-corrected chi connectivity index (χ1v) is 8.11. The Labute approximate surface area is 131 Å². The van der Waals surface area contributed by atoms with Crippen LogP contribution in [0, 0.1) is 0 Å². The number of hydrogen-bond acceptors (Lipinski definition) is 3. The maximum atomic E-state index is 12.4. The summed E-state index contributed by atoms with van der Waals surface area (Å²) in [5, 5.41) is 0.476. The Morgan fingerprint density at radius 2 is 1.90 bits per heavy atom. The summed E-state index contributed by atoms with van der Waals surface area (Å²) in [6.45, 7) is 0. The monoisotopic (exact) mass is 341 g/mol. The van der Waals surface area contributed by atoms with E-state index in [2.05, 4.69) is 9.71 Å². The Hall–Kier alpha value is -1.76. The van der Waals surface area contributed by atoms with Crippen LogP contribution in [0.4, 0.5) is 5.69 Å². The fourth-order valence-electron chi connectivity index (χ4n) is 1.88. The second kappa shape index (κ2) is 5.22. The largest absolute Gasteiger partial charge is 0.305 e. The number of nitrogens with zero attached hydrogens (tertiary/aromatic N) is 2. The van der Waals surface area contributed by atoms with E-state index < -0.39 is 10.0 Å². The zero-order valence-corrected chi connectivity index (χ0v) is 12.8. The van der Waals surface area contributed by atoms with Crippen LogP contribution in [0.2, 0.25) is 10.0 Å². The number of sulfonamides is 1. The van der Waals surface area contributed by atoms with Gasteiger partial charge < -0.3 is 4.40 Å². The molecule has 1 aromatic carbocycles. The number of imidazole rings is 1. The Morgan fingerprint density at radius 3 is 2.67 bits per heavy atom. The molecular formula is C13H9Cl2N3O2S. The fraction of sp³-hybridized carbons (Fsp3) is 0. The molecule has 0 atom stereocenters. The highest BCUT2D eigenvalue weighted by Crippen LogP contribution is 2.26. The third-order valence-electron chi connectivity index (χ3n) is 2.86. The van der Waals surface area contributed by atoms with Crippen LogP contribution in [-0.4, -0.2) is 17.8 Å². The number of aromatic nitrogens is 2. The van der Waals surface area contributed by atoms with Gasteiger partial charge in [-0.2, -0.15) is 0 Å². The van der Waals surface area contributed by atoms with Crippen molar-refractivity contribution in [3.63, 3.8) is 0 Å². The van der Waals surface area contributed by atoms with Gasteiger partial charge in [0, 0.05) is 18.6 Å². The average Bonchev–Trinajstić information content (AvgIpc) is 2.91. The van der Waals surface area contributed by atoms with E-state index in [1.807, 2.05) is 0 Å². The minimum absolute atomic E-state index is 0.0328. The molecule has 0 fully saturated rings. The zero-order chi connectivity index (χ0) is 15.0. The number of rotatable bonds is 3. The van der Waals surface area contributed by atoms with Gasteiger partial charge in [-0.05, 0) is 30.3 Å². The molecule has 0 aliphatic rings. The van der Waals surface area contributed by atoms with E-state index in [-0.39, 0.29) is 9.92 Å². The van der Waals surface area contributed by atoms with Crippen LogP contribution in [0.3, 0.4) is 0 Å². The average molecular weight is 342 g/mol. The lowest BCUT2D eigenvalue weighted by atomic mass is 10.4. The highest BCUT2D eigenvalue weighted by atomic mass is 35.5. The van der Waals surface area contributed by atoms with Crippen LogP contribution >= 0.6 is 23.2 Å². The van der Waals surface area contributed by atoms with E-state index in [4.69, 9.17) is 23.2 Å². The van der Waals surface area contributed by atoms with Crippen molar-refractivity contribution in [3.8, 4) is 0 Å². The summed E-state index contributed by atoms with van der Waals surface area (Å²) in [5.74, 6) is 0. The van der Waals surface area contributed by atoms with E-state index in [1.54, 1.807) is 35.1 Å². The summed E-state index contributed by atoms with van der Waals surface area (Å²) in [4.78, 5) is 4.15.